The fourth-order valence-corrected chi connectivity index (χ4v) is 8.65. The normalized spacial score (nSPS) is 45.3. The summed E-state index contributed by atoms with van der Waals surface area (Å²) >= 11 is 0. The van der Waals surface area contributed by atoms with E-state index in [1.165, 1.54) is 0 Å². The van der Waals surface area contributed by atoms with Crippen LogP contribution in [-0.4, -0.2) is 45.1 Å². The summed E-state index contributed by atoms with van der Waals surface area (Å²) in [5, 5.41) is 31.4. The van der Waals surface area contributed by atoms with Gasteiger partial charge in [-0.2, -0.15) is 0 Å². The maximum Gasteiger partial charge on any atom is 0.303 e. The highest BCUT2D eigenvalue weighted by Gasteiger charge is 2.70. The molecule has 0 amide bonds. The van der Waals surface area contributed by atoms with E-state index in [1.54, 1.807) is 0 Å². The van der Waals surface area contributed by atoms with Crippen molar-refractivity contribution in [1.82, 2.24) is 0 Å². The number of aliphatic hydroxyl groups excluding tert-OH is 2. The Labute approximate surface area is 196 Å². The Morgan fingerprint density at radius 3 is 2.36 bits per heavy atom. The van der Waals surface area contributed by atoms with Crippen LogP contribution in [-0.2, 0) is 14.4 Å². The van der Waals surface area contributed by atoms with Crippen molar-refractivity contribution in [3.05, 3.63) is 11.1 Å². The first-order valence-corrected chi connectivity index (χ1v) is 12.5. The summed E-state index contributed by atoms with van der Waals surface area (Å²) in [5.74, 6) is -0.940. The lowest BCUT2D eigenvalue weighted by Crippen LogP contribution is -2.60. The molecule has 0 aromatic rings. The molecule has 0 heterocycles. The predicted octanol–water partition coefficient (Wildman–Crippen LogP) is 3.93. The van der Waals surface area contributed by atoms with Gasteiger partial charge in [-0.1, -0.05) is 34.6 Å². The second kappa shape index (κ2) is 7.48. The number of ketones is 2. The van der Waals surface area contributed by atoms with Crippen LogP contribution in [0.5, 0.6) is 0 Å². The third-order valence-corrected chi connectivity index (χ3v) is 10.9. The third-order valence-electron chi connectivity index (χ3n) is 10.9. The van der Waals surface area contributed by atoms with Crippen LogP contribution in [0.3, 0.4) is 0 Å². The van der Waals surface area contributed by atoms with Crippen molar-refractivity contribution in [2.24, 2.45) is 39.4 Å². The Bertz CT molecular complexity index is 933. The van der Waals surface area contributed by atoms with E-state index in [0.29, 0.717) is 43.3 Å². The summed E-state index contributed by atoms with van der Waals surface area (Å²) in [5.41, 5.74) is -1.23. The lowest BCUT2D eigenvalue weighted by Gasteiger charge is -2.61. The molecule has 3 N–H and O–H groups in total. The summed E-state index contributed by atoms with van der Waals surface area (Å²) in [6.07, 6.45) is 1.38. The first-order valence-electron chi connectivity index (χ1n) is 12.5. The van der Waals surface area contributed by atoms with Crippen LogP contribution in [0.15, 0.2) is 11.1 Å². The number of hydrogen-bond acceptors (Lipinski definition) is 5. The van der Waals surface area contributed by atoms with E-state index in [4.69, 9.17) is 5.11 Å². The molecule has 6 heteroatoms. The number of hydrogen-bond donors (Lipinski definition) is 3. The van der Waals surface area contributed by atoms with Gasteiger partial charge in [0.15, 0.2) is 5.78 Å². The topological polar surface area (TPSA) is 112 Å². The van der Waals surface area contributed by atoms with Gasteiger partial charge < -0.3 is 15.3 Å². The SMILES string of the molecule is C[C@H](CCC(=O)O)[C@H]1CC(=O)[C@@]2(C)C3=C(C(=O)C[C@]12C)[C@@]1(C)CC[C@H](O)C(C)(C)C1C[C@@H]3O. The third kappa shape index (κ3) is 3.09. The van der Waals surface area contributed by atoms with E-state index in [0.717, 1.165) is 0 Å². The van der Waals surface area contributed by atoms with Crippen LogP contribution < -0.4 is 0 Å². The number of rotatable bonds is 4. The van der Waals surface area contributed by atoms with E-state index >= 15 is 0 Å². The van der Waals surface area contributed by atoms with Crippen LogP contribution in [0.25, 0.3) is 0 Å². The molecule has 4 aliphatic rings. The predicted molar refractivity (Wildman–Crippen MR) is 123 cm³/mol. The number of aliphatic carboxylic acids is 1. The van der Waals surface area contributed by atoms with Gasteiger partial charge in [0.1, 0.15) is 5.78 Å². The summed E-state index contributed by atoms with van der Waals surface area (Å²) in [4.78, 5) is 38.8. The Morgan fingerprint density at radius 1 is 1.12 bits per heavy atom. The highest BCUT2D eigenvalue weighted by atomic mass is 16.4. The van der Waals surface area contributed by atoms with Crippen molar-refractivity contribution < 1.29 is 29.7 Å². The van der Waals surface area contributed by atoms with Gasteiger partial charge in [0, 0.05) is 24.8 Å². The smallest absolute Gasteiger partial charge is 0.303 e. The van der Waals surface area contributed by atoms with Gasteiger partial charge in [0.25, 0.3) is 0 Å². The quantitative estimate of drug-likeness (QED) is 0.586. The van der Waals surface area contributed by atoms with Crippen molar-refractivity contribution in [2.75, 3.05) is 0 Å². The Hall–Kier alpha value is -1.53. The van der Waals surface area contributed by atoms with E-state index in [1.807, 2.05) is 34.6 Å². The molecule has 0 saturated heterocycles. The lowest BCUT2D eigenvalue weighted by atomic mass is 9.42. The van der Waals surface area contributed by atoms with E-state index in [-0.39, 0.29) is 42.2 Å². The Kier molecular flexibility index (Phi) is 5.58. The minimum atomic E-state index is -0.938. The van der Waals surface area contributed by atoms with Crippen LogP contribution in [0.1, 0.15) is 86.5 Å². The zero-order valence-corrected chi connectivity index (χ0v) is 20.9. The largest absolute Gasteiger partial charge is 0.481 e. The molecule has 6 nitrogen and oxygen atoms in total. The average molecular weight is 461 g/mol. The molecule has 0 radical (unpaired) electrons. The molecule has 33 heavy (non-hydrogen) atoms. The molecule has 0 bridgehead atoms. The lowest BCUT2D eigenvalue weighted by molar-refractivity contribution is -0.142. The van der Waals surface area contributed by atoms with Gasteiger partial charge in [-0.3, -0.25) is 14.4 Å². The number of carboxylic acids is 1. The molecule has 0 aromatic heterocycles. The average Bonchev–Trinajstić information content (AvgIpc) is 2.92. The first kappa shape index (κ1) is 24.6. The Morgan fingerprint density at radius 2 is 1.76 bits per heavy atom. The summed E-state index contributed by atoms with van der Waals surface area (Å²) in [7, 11) is 0. The van der Waals surface area contributed by atoms with Crippen LogP contribution in [0.4, 0.5) is 0 Å². The molecule has 8 atom stereocenters. The van der Waals surface area contributed by atoms with Gasteiger partial charge in [0.2, 0.25) is 0 Å². The number of carbonyl (C=O) groups excluding carboxylic acids is 2. The van der Waals surface area contributed by atoms with Crippen LogP contribution >= 0.6 is 0 Å². The maximum atomic E-state index is 13.9. The summed E-state index contributed by atoms with van der Waals surface area (Å²) in [6.45, 7) is 12.1. The molecule has 184 valence electrons. The standard InChI is InChI=1S/C27H40O6/c1-14(7-8-21(32)33)15-11-20(31)27(6)23-16(28)12-18-24(2,3)19(30)9-10-25(18,4)22(23)17(29)13-26(15,27)5/h14-16,18-19,28,30H,7-13H2,1-6H3,(H,32,33)/t14-,15-,16+,18?,19+,25+,26-,27+/m1/s1. The number of fused-ring (bicyclic) bond motifs is 4. The van der Waals surface area contributed by atoms with Crippen molar-refractivity contribution >= 4 is 17.5 Å². The van der Waals surface area contributed by atoms with Crippen LogP contribution in [0.2, 0.25) is 0 Å². The second-order valence-electron chi connectivity index (χ2n) is 12.7. The number of allylic oxidation sites excluding steroid dienone is 1. The van der Waals surface area contributed by atoms with Gasteiger partial charge in [-0.15, -0.1) is 0 Å². The van der Waals surface area contributed by atoms with Gasteiger partial charge >= 0.3 is 5.97 Å². The fourth-order valence-electron chi connectivity index (χ4n) is 8.65. The molecule has 2 fully saturated rings. The second-order valence-corrected chi connectivity index (χ2v) is 12.7. The van der Waals surface area contributed by atoms with Crippen molar-refractivity contribution in [3.8, 4) is 0 Å². The molecule has 0 aromatic carbocycles. The zero-order chi connectivity index (χ0) is 24.7. The first-order chi connectivity index (χ1) is 15.1. The van der Waals surface area contributed by atoms with Crippen molar-refractivity contribution in [3.63, 3.8) is 0 Å². The summed E-state index contributed by atoms with van der Waals surface area (Å²) < 4.78 is 0. The number of Topliss-reactive ketones (excluding diaryl/α,β-unsaturated/α-hetero) is 2. The summed E-state index contributed by atoms with van der Waals surface area (Å²) in [6, 6.07) is 0. The number of carbonyl (C=O) groups is 3. The molecule has 4 aliphatic carbocycles. The molecular formula is C27H40O6. The minimum absolute atomic E-state index is 0.0142. The number of carboxylic acid groups (broad SMARTS) is 1. The molecule has 1 unspecified atom stereocenters. The minimum Gasteiger partial charge on any atom is -0.481 e. The van der Waals surface area contributed by atoms with E-state index in [2.05, 4.69) is 6.92 Å². The van der Waals surface area contributed by atoms with Gasteiger partial charge in [-0.25, -0.2) is 0 Å². The fraction of sp³-hybridized carbons (Fsp3) is 0.815. The molecule has 0 aliphatic heterocycles. The zero-order valence-electron chi connectivity index (χ0n) is 20.9. The maximum absolute atomic E-state index is 13.9. The monoisotopic (exact) mass is 460 g/mol. The molecule has 2 saturated carbocycles. The Balaban J connectivity index is 1.85. The number of aliphatic hydroxyl groups is 2. The highest BCUT2D eigenvalue weighted by molar-refractivity contribution is 6.05. The molecular weight excluding hydrogens is 420 g/mol. The van der Waals surface area contributed by atoms with E-state index in [9.17, 15) is 24.6 Å². The molecule has 0 spiro atoms. The molecule has 4 rings (SSSR count). The van der Waals surface area contributed by atoms with Crippen molar-refractivity contribution in [2.45, 2.75) is 98.7 Å². The van der Waals surface area contributed by atoms with Gasteiger partial charge in [-0.05, 0) is 72.2 Å². The van der Waals surface area contributed by atoms with Gasteiger partial charge in [0.05, 0.1) is 17.6 Å². The van der Waals surface area contributed by atoms with Crippen LogP contribution in [0, 0.1) is 39.4 Å². The highest BCUT2D eigenvalue weighted by Crippen LogP contribution is 2.70. The van der Waals surface area contributed by atoms with E-state index < -0.39 is 39.8 Å². The van der Waals surface area contributed by atoms with Crippen molar-refractivity contribution in [1.29, 1.82) is 0 Å².